The maximum atomic E-state index is 11.6. The van der Waals surface area contributed by atoms with Crippen LogP contribution in [-0.2, 0) is 0 Å². The van der Waals surface area contributed by atoms with Crippen LogP contribution >= 0.6 is 0 Å². The molecule has 98 valence electrons. The Kier molecular flexibility index (Phi) is 4.59. The van der Waals surface area contributed by atoms with Gasteiger partial charge < -0.3 is 15.4 Å². The first-order chi connectivity index (χ1) is 8.74. The maximum absolute atomic E-state index is 11.6. The van der Waals surface area contributed by atoms with E-state index in [4.69, 9.17) is 4.74 Å². The van der Waals surface area contributed by atoms with E-state index in [9.17, 15) is 4.79 Å². The van der Waals surface area contributed by atoms with Gasteiger partial charge in [0.15, 0.2) is 0 Å². The Hall–Kier alpha value is -1.55. The first-order valence-electron chi connectivity index (χ1n) is 6.48. The maximum Gasteiger partial charge on any atom is 0.412 e. The molecule has 1 heterocycles. The Morgan fingerprint density at radius 3 is 2.83 bits per heavy atom. The lowest BCUT2D eigenvalue weighted by Crippen LogP contribution is -2.42. The van der Waals surface area contributed by atoms with Gasteiger partial charge in [-0.1, -0.05) is 18.2 Å². The molecule has 2 unspecified atom stereocenters. The van der Waals surface area contributed by atoms with E-state index in [2.05, 4.69) is 17.6 Å². The van der Waals surface area contributed by atoms with Crippen LogP contribution in [-0.4, -0.2) is 25.2 Å². The number of para-hydroxylation sites is 1. The zero-order valence-corrected chi connectivity index (χ0v) is 10.7. The van der Waals surface area contributed by atoms with Crippen LogP contribution < -0.4 is 15.4 Å². The van der Waals surface area contributed by atoms with Gasteiger partial charge in [0.25, 0.3) is 0 Å². The van der Waals surface area contributed by atoms with Gasteiger partial charge in [0, 0.05) is 12.6 Å². The average Bonchev–Trinajstić information content (AvgIpc) is 2.39. The highest BCUT2D eigenvalue weighted by Gasteiger charge is 2.18. The number of rotatable bonds is 3. The Labute approximate surface area is 108 Å². The molecule has 1 aliphatic heterocycles. The Bertz CT molecular complexity index is 373. The minimum Gasteiger partial charge on any atom is -0.410 e. The van der Waals surface area contributed by atoms with Crippen LogP contribution in [0.2, 0.25) is 0 Å². The van der Waals surface area contributed by atoms with Crippen molar-refractivity contribution in [3.05, 3.63) is 30.3 Å². The monoisotopic (exact) mass is 248 g/mol. The number of hydrogen-bond acceptors (Lipinski definition) is 3. The summed E-state index contributed by atoms with van der Waals surface area (Å²) >= 11 is 0. The van der Waals surface area contributed by atoms with E-state index in [1.54, 1.807) is 12.1 Å². The molecule has 1 saturated heterocycles. The summed E-state index contributed by atoms with van der Waals surface area (Å²) in [6.07, 6.45) is 1.94. The quantitative estimate of drug-likeness (QED) is 0.862. The summed E-state index contributed by atoms with van der Waals surface area (Å²) in [6.45, 7) is 3.82. The summed E-state index contributed by atoms with van der Waals surface area (Å²) in [5, 5.41) is 6.23. The number of nitrogens with one attached hydrogen (secondary N) is 2. The molecule has 4 nitrogen and oxygen atoms in total. The second kappa shape index (κ2) is 6.40. The topological polar surface area (TPSA) is 50.4 Å². The molecule has 0 spiro atoms. The fourth-order valence-electron chi connectivity index (χ4n) is 2.09. The van der Waals surface area contributed by atoms with Crippen molar-refractivity contribution in [1.29, 1.82) is 0 Å². The van der Waals surface area contributed by atoms with Crippen LogP contribution in [0.1, 0.15) is 19.8 Å². The van der Waals surface area contributed by atoms with Crippen molar-refractivity contribution in [2.45, 2.75) is 25.8 Å². The van der Waals surface area contributed by atoms with E-state index in [0.717, 1.165) is 13.0 Å². The SMILES string of the molecule is CC1CCC(CNC(=O)Oc2ccccc2)CN1. The summed E-state index contributed by atoms with van der Waals surface area (Å²) in [6, 6.07) is 9.70. The number of amides is 1. The van der Waals surface area contributed by atoms with Crippen molar-refractivity contribution in [2.75, 3.05) is 13.1 Å². The van der Waals surface area contributed by atoms with Crippen LogP contribution in [0.5, 0.6) is 5.75 Å². The molecule has 0 saturated carbocycles. The Balaban J connectivity index is 1.69. The highest BCUT2D eigenvalue weighted by Crippen LogP contribution is 2.13. The molecule has 2 N–H and O–H groups in total. The minimum absolute atomic E-state index is 0.375. The molecular weight excluding hydrogens is 228 g/mol. The zero-order chi connectivity index (χ0) is 12.8. The summed E-state index contributed by atoms with van der Waals surface area (Å²) in [7, 11) is 0. The average molecular weight is 248 g/mol. The molecular formula is C14H20N2O2. The first-order valence-corrected chi connectivity index (χ1v) is 6.48. The number of piperidine rings is 1. The fraction of sp³-hybridized carbons (Fsp3) is 0.500. The fourth-order valence-corrected chi connectivity index (χ4v) is 2.09. The third kappa shape index (κ3) is 4.04. The van der Waals surface area contributed by atoms with Crippen LogP contribution in [0.15, 0.2) is 30.3 Å². The molecule has 2 rings (SSSR count). The van der Waals surface area contributed by atoms with Crippen molar-refractivity contribution in [3.63, 3.8) is 0 Å². The van der Waals surface area contributed by atoms with E-state index in [1.807, 2.05) is 18.2 Å². The summed E-state index contributed by atoms with van der Waals surface area (Å²) in [5.41, 5.74) is 0. The van der Waals surface area contributed by atoms with Gasteiger partial charge in [-0.15, -0.1) is 0 Å². The lowest BCUT2D eigenvalue weighted by atomic mass is 9.95. The Morgan fingerprint density at radius 1 is 1.39 bits per heavy atom. The lowest BCUT2D eigenvalue weighted by molar-refractivity contribution is 0.196. The molecule has 1 aromatic rings. The molecule has 18 heavy (non-hydrogen) atoms. The summed E-state index contributed by atoms with van der Waals surface area (Å²) in [4.78, 5) is 11.6. The Morgan fingerprint density at radius 2 is 2.17 bits per heavy atom. The number of carbonyl (C=O) groups is 1. The van der Waals surface area contributed by atoms with Gasteiger partial charge in [0.05, 0.1) is 0 Å². The highest BCUT2D eigenvalue weighted by atomic mass is 16.5. The molecule has 0 aliphatic carbocycles. The molecule has 2 atom stereocenters. The van der Waals surface area contributed by atoms with E-state index < -0.39 is 0 Å². The number of hydrogen-bond donors (Lipinski definition) is 2. The van der Waals surface area contributed by atoms with E-state index >= 15 is 0 Å². The van der Waals surface area contributed by atoms with Crippen molar-refractivity contribution in [1.82, 2.24) is 10.6 Å². The lowest BCUT2D eigenvalue weighted by Gasteiger charge is -2.27. The van der Waals surface area contributed by atoms with Crippen molar-refractivity contribution in [3.8, 4) is 5.75 Å². The number of carbonyl (C=O) groups excluding carboxylic acids is 1. The van der Waals surface area contributed by atoms with Crippen molar-refractivity contribution < 1.29 is 9.53 Å². The minimum atomic E-state index is -0.375. The van der Waals surface area contributed by atoms with Crippen LogP contribution in [0.25, 0.3) is 0 Å². The normalized spacial score (nSPS) is 23.4. The van der Waals surface area contributed by atoms with Gasteiger partial charge in [-0.2, -0.15) is 0 Å². The van der Waals surface area contributed by atoms with Gasteiger partial charge in [-0.25, -0.2) is 4.79 Å². The largest absolute Gasteiger partial charge is 0.412 e. The third-order valence-corrected chi connectivity index (χ3v) is 3.25. The molecule has 0 aromatic heterocycles. The zero-order valence-electron chi connectivity index (χ0n) is 10.7. The number of ether oxygens (including phenoxy) is 1. The molecule has 1 aliphatic rings. The molecule has 1 amide bonds. The van der Waals surface area contributed by atoms with Gasteiger partial charge >= 0.3 is 6.09 Å². The van der Waals surface area contributed by atoms with E-state index in [-0.39, 0.29) is 6.09 Å². The van der Waals surface area contributed by atoms with Crippen LogP contribution in [0.3, 0.4) is 0 Å². The van der Waals surface area contributed by atoms with E-state index in [1.165, 1.54) is 6.42 Å². The predicted molar refractivity (Wildman–Crippen MR) is 70.7 cm³/mol. The van der Waals surface area contributed by atoms with E-state index in [0.29, 0.717) is 24.3 Å². The van der Waals surface area contributed by atoms with Crippen LogP contribution in [0, 0.1) is 5.92 Å². The van der Waals surface area contributed by atoms with Gasteiger partial charge in [-0.05, 0) is 44.4 Å². The van der Waals surface area contributed by atoms with Gasteiger partial charge in [0.1, 0.15) is 5.75 Å². The smallest absolute Gasteiger partial charge is 0.410 e. The second-order valence-electron chi connectivity index (χ2n) is 4.84. The van der Waals surface area contributed by atoms with Gasteiger partial charge in [0.2, 0.25) is 0 Å². The standard InChI is InChI=1S/C14H20N2O2/c1-11-7-8-12(9-15-11)10-16-14(17)18-13-5-3-2-4-6-13/h2-6,11-12,15H,7-10H2,1H3,(H,16,17). The highest BCUT2D eigenvalue weighted by molar-refractivity contribution is 5.70. The van der Waals surface area contributed by atoms with Crippen molar-refractivity contribution >= 4 is 6.09 Å². The molecule has 1 fully saturated rings. The third-order valence-electron chi connectivity index (χ3n) is 3.25. The summed E-state index contributed by atoms with van der Waals surface area (Å²) < 4.78 is 5.16. The molecule has 0 radical (unpaired) electrons. The summed E-state index contributed by atoms with van der Waals surface area (Å²) in [5.74, 6) is 1.08. The van der Waals surface area contributed by atoms with Gasteiger partial charge in [-0.3, -0.25) is 0 Å². The molecule has 4 heteroatoms. The molecule has 1 aromatic carbocycles. The van der Waals surface area contributed by atoms with Crippen LogP contribution in [0.4, 0.5) is 4.79 Å². The second-order valence-corrected chi connectivity index (χ2v) is 4.84. The predicted octanol–water partition coefficient (Wildman–Crippen LogP) is 2.16. The van der Waals surface area contributed by atoms with Crippen molar-refractivity contribution in [2.24, 2.45) is 5.92 Å². The molecule has 0 bridgehead atoms. The first kappa shape index (κ1) is 12.9. The number of benzene rings is 1.